The lowest BCUT2D eigenvalue weighted by atomic mass is 10.2. The van der Waals surface area contributed by atoms with Crippen LogP contribution in [0.5, 0.6) is 0 Å². The van der Waals surface area contributed by atoms with Gasteiger partial charge < -0.3 is 4.90 Å². The Labute approximate surface area is 126 Å². The van der Waals surface area contributed by atoms with Gasteiger partial charge in [0.1, 0.15) is 12.1 Å². The van der Waals surface area contributed by atoms with Gasteiger partial charge in [-0.25, -0.2) is 4.68 Å². The zero-order valence-electron chi connectivity index (χ0n) is 11.6. The fraction of sp³-hybridized carbons (Fsp3) is 0.429. The Morgan fingerprint density at radius 2 is 2.10 bits per heavy atom. The third kappa shape index (κ3) is 3.07. The maximum Gasteiger partial charge on any atom is 0.278 e. The second kappa shape index (κ2) is 6.26. The first-order chi connectivity index (χ1) is 10.3. The van der Waals surface area contributed by atoms with Gasteiger partial charge in [0.15, 0.2) is 0 Å². The van der Waals surface area contributed by atoms with Crippen LogP contribution in [0.3, 0.4) is 0 Å². The van der Waals surface area contributed by atoms with Crippen LogP contribution in [0.15, 0.2) is 29.1 Å². The van der Waals surface area contributed by atoms with Gasteiger partial charge in [-0.05, 0) is 24.3 Å². The van der Waals surface area contributed by atoms with E-state index in [1.807, 2.05) is 16.7 Å². The summed E-state index contributed by atoms with van der Waals surface area (Å²) in [6, 6.07) is 7.03. The molecule has 0 spiro atoms. The van der Waals surface area contributed by atoms with Gasteiger partial charge in [-0.15, -0.1) is 5.10 Å². The van der Waals surface area contributed by atoms with Crippen LogP contribution in [0.2, 0.25) is 0 Å². The Morgan fingerprint density at radius 3 is 3.00 bits per heavy atom. The molecule has 21 heavy (non-hydrogen) atoms. The van der Waals surface area contributed by atoms with E-state index in [1.165, 1.54) is 0 Å². The quantitative estimate of drug-likeness (QED) is 0.819. The van der Waals surface area contributed by atoms with Crippen LogP contribution < -0.4 is 5.56 Å². The lowest BCUT2D eigenvalue weighted by molar-refractivity contribution is -0.131. The van der Waals surface area contributed by atoms with E-state index in [1.54, 1.807) is 24.3 Å². The molecule has 1 aromatic heterocycles. The van der Waals surface area contributed by atoms with E-state index in [0.29, 0.717) is 10.9 Å². The normalized spacial score (nSPS) is 15.9. The first kappa shape index (κ1) is 14.1. The number of thioether (sulfide) groups is 1. The Bertz CT molecular complexity index is 707. The molecule has 1 aromatic carbocycles. The lowest BCUT2D eigenvalue weighted by Gasteiger charge is -2.19. The number of rotatable bonds is 2. The number of hydrogen-bond acceptors (Lipinski definition) is 5. The maximum absolute atomic E-state index is 12.3. The Kier molecular flexibility index (Phi) is 4.19. The molecule has 3 rings (SSSR count). The van der Waals surface area contributed by atoms with Crippen molar-refractivity contribution < 1.29 is 4.79 Å². The summed E-state index contributed by atoms with van der Waals surface area (Å²) in [6.45, 7) is 1.45. The van der Waals surface area contributed by atoms with Gasteiger partial charge in [0.05, 0.1) is 5.39 Å². The minimum atomic E-state index is -0.266. The largest absolute Gasteiger partial charge is 0.340 e. The van der Waals surface area contributed by atoms with Crippen molar-refractivity contribution in [1.29, 1.82) is 0 Å². The summed E-state index contributed by atoms with van der Waals surface area (Å²) in [5.41, 5.74) is 0.288. The van der Waals surface area contributed by atoms with Crippen LogP contribution in [0, 0.1) is 0 Å². The Balaban J connectivity index is 1.82. The van der Waals surface area contributed by atoms with Gasteiger partial charge in [0, 0.05) is 18.8 Å². The van der Waals surface area contributed by atoms with Crippen molar-refractivity contribution in [3.8, 4) is 0 Å². The highest BCUT2D eigenvalue weighted by atomic mass is 32.2. The van der Waals surface area contributed by atoms with Crippen LogP contribution in [0.4, 0.5) is 0 Å². The van der Waals surface area contributed by atoms with Crippen molar-refractivity contribution in [2.24, 2.45) is 0 Å². The molecule has 7 heteroatoms. The monoisotopic (exact) mass is 304 g/mol. The van der Waals surface area contributed by atoms with Crippen LogP contribution in [0.1, 0.15) is 6.42 Å². The number of hydrogen-bond donors (Lipinski definition) is 0. The van der Waals surface area contributed by atoms with Gasteiger partial charge in [0.2, 0.25) is 5.91 Å². The smallest absolute Gasteiger partial charge is 0.278 e. The molecule has 0 bridgehead atoms. The third-order valence-electron chi connectivity index (χ3n) is 3.49. The highest BCUT2D eigenvalue weighted by molar-refractivity contribution is 7.99. The molecule has 2 heterocycles. The number of benzene rings is 1. The minimum absolute atomic E-state index is 0.0403. The molecule has 110 valence electrons. The van der Waals surface area contributed by atoms with E-state index < -0.39 is 0 Å². The van der Waals surface area contributed by atoms with Gasteiger partial charge in [0.25, 0.3) is 5.56 Å². The summed E-state index contributed by atoms with van der Waals surface area (Å²) >= 11 is 1.86. The molecule has 1 saturated heterocycles. The zero-order valence-corrected chi connectivity index (χ0v) is 12.4. The highest BCUT2D eigenvalue weighted by Gasteiger charge is 2.17. The van der Waals surface area contributed by atoms with E-state index in [9.17, 15) is 9.59 Å². The molecule has 1 amide bonds. The average Bonchev–Trinajstić information content (AvgIpc) is 2.79. The van der Waals surface area contributed by atoms with Crippen LogP contribution in [-0.2, 0) is 11.3 Å². The van der Waals surface area contributed by atoms with Gasteiger partial charge in [-0.2, -0.15) is 11.8 Å². The summed E-state index contributed by atoms with van der Waals surface area (Å²) < 4.78 is 1.16. The second-order valence-corrected chi connectivity index (χ2v) is 6.14. The first-order valence-electron chi connectivity index (χ1n) is 6.94. The summed E-state index contributed by atoms with van der Waals surface area (Å²) in [6.07, 6.45) is 0.995. The number of carbonyl (C=O) groups excluding carboxylic acids is 1. The van der Waals surface area contributed by atoms with E-state index in [-0.39, 0.29) is 18.0 Å². The summed E-state index contributed by atoms with van der Waals surface area (Å²) in [7, 11) is 0. The van der Waals surface area contributed by atoms with Crippen molar-refractivity contribution in [2.45, 2.75) is 13.0 Å². The van der Waals surface area contributed by atoms with E-state index >= 15 is 0 Å². The van der Waals surface area contributed by atoms with Crippen LogP contribution in [-0.4, -0.2) is 50.4 Å². The minimum Gasteiger partial charge on any atom is -0.340 e. The Morgan fingerprint density at radius 1 is 1.24 bits per heavy atom. The molecule has 6 nitrogen and oxygen atoms in total. The van der Waals surface area contributed by atoms with Crippen LogP contribution in [0.25, 0.3) is 10.9 Å². The Hall–Kier alpha value is -1.89. The SMILES string of the molecule is O=C(Cn1nnc2ccccc2c1=O)N1CCCSCC1. The molecule has 0 radical (unpaired) electrons. The molecular weight excluding hydrogens is 288 g/mol. The molecule has 0 aliphatic carbocycles. The fourth-order valence-electron chi connectivity index (χ4n) is 2.35. The van der Waals surface area contributed by atoms with E-state index in [0.717, 1.165) is 35.7 Å². The topological polar surface area (TPSA) is 68.1 Å². The molecular formula is C14H16N4O2S. The van der Waals surface area contributed by atoms with E-state index in [4.69, 9.17) is 0 Å². The fourth-order valence-corrected chi connectivity index (χ4v) is 3.24. The van der Waals surface area contributed by atoms with Crippen molar-refractivity contribution in [3.63, 3.8) is 0 Å². The first-order valence-corrected chi connectivity index (χ1v) is 8.09. The molecule has 1 aliphatic rings. The number of aromatic nitrogens is 3. The second-order valence-electron chi connectivity index (χ2n) is 4.92. The molecule has 0 unspecified atom stereocenters. The number of carbonyl (C=O) groups is 1. The van der Waals surface area contributed by atoms with Crippen molar-refractivity contribution in [1.82, 2.24) is 19.9 Å². The number of fused-ring (bicyclic) bond motifs is 1. The molecule has 2 aromatic rings. The maximum atomic E-state index is 12.3. The van der Waals surface area contributed by atoms with Gasteiger partial charge in [-0.3, -0.25) is 9.59 Å². The predicted octanol–water partition coefficient (Wildman–Crippen LogP) is 0.757. The standard InChI is InChI=1S/C14H16N4O2S/c19-13(17-6-3-8-21-9-7-17)10-18-14(20)11-4-1-2-5-12(11)15-16-18/h1-2,4-5H,3,6-10H2. The van der Waals surface area contributed by atoms with Gasteiger partial charge >= 0.3 is 0 Å². The average molecular weight is 304 g/mol. The third-order valence-corrected chi connectivity index (χ3v) is 4.54. The summed E-state index contributed by atoms with van der Waals surface area (Å²) in [4.78, 5) is 26.4. The lowest BCUT2D eigenvalue weighted by Crippen LogP contribution is -2.38. The predicted molar refractivity (Wildman–Crippen MR) is 82.3 cm³/mol. The summed E-state index contributed by atoms with van der Waals surface area (Å²) in [5, 5.41) is 8.36. The van der Waals surface area contributed by atoms with Crippen molar-refractivity contribution in [3.05, 3.63) is 34.6 Å². The molecule has 0 atom stereocenters. The number of amides is 1. The zero-order chi connectivity index (χ0) is 14.7. The number of nitrogens with zero attached hydrogens (tertiary/aromatic N) is 4. The highest BCUT2D eigenvalue weighted by Crippen LogP contribution is 2.10. The molecule has 0 saturated carbocycles. The molecule has 1 aliphatic heterocycles. The summed E-state index contributed by atoms with van der Waals surface area (Å²) in [5.74, 6) is 1.97. The molecule has 1 fully saturated rings. The van der Waals surface area contributed by atoms with Crippen molar-refractivity contribution in [2.75, 3.05) is 24.6 Å². The van der Waals surface area contributed by atoms with Gasteiger partial charge in [-0.1, -0.05) is 17.3 Å². The van der Waals surface area contributed by atoms with E-state index in [2.05, 4.69) is 10.3 Å². The van der Waals surface area contributed by atoms with Crippen molar-refractivity contribution >= 4 is 28.6 Å². The molecule has 0 N–H and O–H groups in total. The van der Waals surface area contributed by atoms with Crippen LogP contribution >= 0.6 is 11.8 Å².